The predicted molar refractivity (Wildman–Crippen MR) is 62.7 cm³/mol. The molecule has 2 aliphatic rings. The van der Waals surface area contributed by atoms with Gasteiger partial charge in [-0.15, -0.1) is 0 Å². The summed E-state index contributed by atoms with van der Waals surface area (Å²) in [5, 5.41) is 0. The van der Waals surface area contributed by atoms with E-state index >= 15 is 0 Å². The summed E-state index contributed by atoms with van der Waals surface area (Å²) in [6.07, 6.45) is 9.89. The lowest BCUT2D eigenvalue weighted by Gasteiger charge is -2.29. The maximum absolute atomic E-state index is 6.43. The van der Waals surface area contributed by atoms with Gasteiger partial charge < -0.3 is 10.5 Å². The largest absolute Gasteiger partial charge is 0.378 e. The molecule has 0 aromatic rings. The maximum atomic E-state index is 6.43. The van der Waals surface area contributed by atoms with Crippen molar-refractivity contribution in [3.63, 3.8) is 0 Å². The van der Waals surface area contributed by atoms with Gasteiger partial charge in [0, 0.05) is 18.6 Å². The molecule has 1 heterocycles. The molecular weight excluding hydrogens is 186 g/mol. The summed E-state index contributed by atoms with van der Waals surface area (Å²) in [5.41, 5.74) is 6.43. The molecule has 0 aromatic carbocycles. The third-order valence-electron chi connectivity index (χ3n) is 4.37. The highest BCUT2D eigenvalue weighted by Crippen LogP contribution is 2.32. The molecule has 3 unspecified atom stereocenters. The first-order valence-corrected chi connectivity index (χ1v) is 6.66. The van der Waals surface area contributed by atoms with E-state index in [2.05, 4.69) is 6.92 Å². The van der Waals surface area contributed by atoms with Crippen LogP contribution in [0.15, 0.2) is 0 Å². The average Bonchev–Trinajstić information content (AvgIpc) is 2.53. The molecule has 1 aliphatic heterocycles. The van der Waals surface area contributed by atoms with Crippen LogP contribution < -0.4 is 5.73 Å². The summed E-state index contributed by atoms with van der Waals surface area (Å²) in [7, 11) is 0. The Kier molecular flexibility index (Phi) is 4.04. The Morgan fingerprint density at radius 1 is 1.07 bits per heavy atom. The first-order valence-electron chi connectivity index (χ1n) is 6.66. The second kappa shape index (κ2) is 5.31. The molecule has 88 valence electrons. The van der Waals surface area contributed by atoms with E-state index < -0.39 is 0 Å². The molecule has 0 radical (unpaired) electrons. The van der Waals surface area contributed by atoms with Crippen LogP contribution in [-0.4, -0.2) is 18.8 Å². The van der Waals surface area contributed by atoms with Crippen molar-refractivity contribution in [2.75, 3.05) is 6.61 Å². The molecule has 0 bridgehead atoms. The molecule has 1 saturated carbocycles. The Morgan fingerprint density at radius 2 is 1.73 bits per heavy atom. The van der Waals surface area contributed by atoms with Crippen LogP contribution in [0.3, 0.4) is 0 Å². The highest BCUT2D eigenvalue weighted by Gasteiger charge is 2.34. The average molecular weight is 211 g/mol. The van der Waals surface area contributed by atoms with Crippen molar-refractivity contribution in [3.8, 4) is 0 Å². The van der Waals surface area contributed by atoms with Crippen LogP contribution in [-0.2, 0) is 4.74 Å². The van der Waals surface area contributed by atoms with Crippen LogP contribution in [0.5, 0.6) is 0 Å². The van der Waals surface area contributed by atoms with Crippen molar-refractivity contribution in [3.05, 3.63) is 0 Å². The molecule has 0 spiro atoms. The van der Waals surface area contributed by atoms with Crippen molar-refractivity contribution in [1.82, 2.24) is 0 Å². The van der Waals surface area contributed by atoms with E-state index in [1.807, 2.05) is 0 Å². The Hall–Kier alpha value is -0.0800. The summed E-state index contributed by atoms with van der Waals surface area (Å²) >= 11 is 0. The second-order valence-electron chi connectivity index (χ2n) is 5.36. The van der Waals surface area contributed by atoms with Gasteiger partial charge in [0.25, 0.3) is 0 Å². The molecule has 0 aromatic heterocycles. The Labute approximate surface area is 93.6 Å². The minimum absolute atomic E-state index is 0.389. The normalized spacial score (nSPS) is 36.4. The lowest BCUT2D eigenvalue weighted by Crippen LogP contribution is -2.40. The van der Waals surface area contributed by atoms with Gasteiger partial charge in [0.05, 0.1) is 6.10 Å². The van der Waals surface area contributed by atoms with E-state index in [1.54, 1.807) is 0 Å². The zero-order valence-corrected chi connectivity index (χ0v) is 9.95. The van der Waals surface area contributed by atoms with Crippen molar-refractivity contribution >= 4 is 0 Å². The van der Waals surface area contributed by atoms with Crippen LogP contribution in [0, 0.1) is 11.8 Å². The van der Waals surface area contributed by atoms with Crippen LogP contribution in [0.25, 0.3) is 0 Å². The lowest BCUT2D eigenvalue weighted by molar-refractivity contribution is 0.0913. The fourth-order valence-corrected chi connectivity index (χ4v) is 3.30. The molecule has 1 aliphatic carbocycles. The highest BCUT2D eigenvalue weighted by molar-refractivity contribution is 4.87. The number of nitrogens with two attached hydrogens (primary N) is 1. The molecule has 0 amide bonds. The van der Waals surface area contributed by atoms with Gasteiger partial charge >= 0.3 is 0 Å². The van der Waals surface area contributed by atoms with Gasteiger partial charge in [0.1, 0.15) is 0 Å². The number of hydrogen-bond acceptors (Lipinski definition) is 2. The molecular formula is C13H25NO. The monoisotopic (exact) mass is 211 g/mol. The van der Waals surface area contributed by atoms with Crippen LogP contribution in [0.4, 0.5) is 0 Å². The first-order chi connectivity index (χ1) is 7.29. The van der Waals surface area contributed by atoms with Crippen molar-refractivity contribution < 1.29 is 4.74 Å². The van der Waals surface area contributed by atoms with Crippen molar-refractivity contribution in [2.24, 2.45) is 17.6 Å². The van der Waals surface area contributed by atoms with E-state index in [0.29, 0.717) is 18.1 Å². The maximum Gasteiger partial charge on any atom is 0.0590 e. The molecule has 1 saturated heterocycles. The summed E-state index contributed by atoms with van der Waals surface area (Å²) in [6.45, 7) is 3.11. The van der Waals surface area contributed by atoms with Gasteiger partial charge in [-0.3, -0.25) is 0 Å². The van der Waals surface area contributed by atoms with Crippen LogP contribution >= 0.6 is 0 Å². The van der Waals surface area contributed by atoms with Crippen LogP contribution in [0.1, 0.15) is 51.9 Å². The van der Waals surface area contributed by atoms with Crippen LogP contribution in [0.2, 0.25) is 0 Å². The first kappa shape index (κ1) is 11.4. The summed E-state index contributed by atoms with van der Waals surface area (Å²) in [5.74, 6) is 1.38. The third kappa shape index (κ3) is 2.73. The Balaban J connectivity index is 1.90. The Morgan fingerprint density at radius 3 is 2.27 bits per heavy atom. The summed E-state index contributed by atoms with van der Waals surface area (Å²) in [6, 6.07) is 0.389. The summed E-state index contributed by atoms with van der Waals surface area (Å²) < 4.78 is 5.63. The minimum atomic E-state index is 0.389. The van der Waals surface area contributed by atoms with Gasteiger partial charge in [-0.1, -0.05) is 25.7 Å². The Bertz CT molecular complexity index is 187. The number of ether oxygens (including phenoxy) is 1. The molecule has 2 N–H and O–H groups in total. The molecule has 2 fully saturated rings. The van der Waals surface area contributed by atoms with Gasteiger partial charge in [0.15, 0.2) is 0 Å². The zero-order valence-electron chi connectivity index (χ0n) is 9.95. The third-order valence-corrected chi connectivity index (χ3v) is 4.37. The smallest absolute Gasteiger partial charge is 0.0590 e. The molecule has 2 rings (SSSR count). The number of hydrogen-bond donors (Lipinski definition) is 1. The van der Waals surface area contributed by atoms with E-state index in [0.717, 1.165) is 12.5 Å². The topological polar surface area (TPSA) is 35.2 Å². The quantitative estimate of drug-likeness (QED) is 0.713. The van der Waals surface area contributed by atoms with Gasteiger partial charge in [0.2, 0.25) is 0 Å². The van der Waals surface area contributed by atoms with Gasteiger partial charge in [-0.2, -0.15) is 0 Å². The fourth-order valence-electron chi connectivity index (χ4n) is 3.30. The lowest BCUT2D eigenvalue weighted by atomic mass is 9.81. The van der Waals surface area contributed by atoms with Gasteiger partial charge in [-0.05, 0) is 32.1 Å². The van der Waals surface area contributed by atoms with E-state index in [9.17, 15) is 0 Å². The molecule has 15 heavy (non-hydrogen) atoms. The van der Waals surface area contributed by atoms with Crippen molar-refractivity contribution in [2.45, 2.75) is 64.0 Å². The standard InChI is InChI=1S/C13H25NO/c1-10-12(8-9-15-10)13(14)11-6-4-2-3-5-7-11/h10-13H,2-9,14H2,1H3. The van der Waals surface area contributed by atoms with E-state index in [1.165, 1.54) is 44.9 Å². The predicted octanol–water partition coefficient (Wildman–Crippen LogP) is 2.71. The van der Waals surface area contributed by atoms with E-state index in [4.69, 9.17) is 10.5 Å². The summed E-state index contributed by atoms with van der Waals surface area (Å²) in [4.78, 5) is 0. The minimum Gasteiger partial charge on any atom is -0.378 e. The van der Waals surface area contributed by atoms with Crippen molar-refractivity contribution in [1.29, 1.82) is 0 Å². The second-order valence-corrected chi connectivity index (χ2v) is 5.36. The molecule has 2 nitrogen and oxygen atoms in total. The van der Waals surface area contributed by atoms with E-state index in [-0.39, 0.29) is 0 Å². The zero-order chi connectivity index (χ0) is 10.7. The highest BCUT2D eigenvalue weighted by atomic mass is 16.5. The fraction of sp³-hybridized carbons (Fsp3) is 1.00. The SMILES string of the molecule is CC1OCCC1C(N)C1CCCCCC1. The van der Waals surface area contributed by atoms with Gasteiger partial charge in [-0.25, -0.2) is 0 Å². The molecule has 3 atom stereocenters. The number of rotatable bonds is 2. The molecule has 2 heteroatoms.